The van der Waals surface area contributed by atoms with Gasteiger partial charge in [-0.05, 0) is 49.1 Å². The molecule has 1 aromatic carbocycles. The number of rotatable bonds is 5. The number of pyridine rings is 1. The molecule has 4 heteroatoms. The highest BCUT2D eigenvalue weighted by Crippen LogP contribution is 2.28. The second-order valence-electron chi connectivity index (χ2n) is 5.04. The van der Waals surface area contributed by atoms with E-state index in [-0.39, 0.29) is 0 Å². The summed E-state index contributed by atoms with van der Waals surface area (Å²) in [6, 6.07) is 5.48. The van der Waals surface area contributed by atoms with Crippen molar-refractivity contribution < 1.29 is 14.6 Å². The minimum absolute atomic E-state index is 0.315. The molecule has 0 radical (unpaired) electrons. The molecule has 0 amide bonds. The zero-order valence-corrected chi connectivity index (χ0v) is 12.5. The summed E-state index contributed by atoms with van der Waals surface area (Å²) < 4.78 is 5.58. The van der Waals surface area contributed by atoms with Crippen molar-refractivity contribution in [1.29, 1.82) is 0 Å². The molecule has 0 aliphatic carbocycles. The lowest BCUT2D eigenvalue weighted by Gasteiger charge is -2.11. The Kier molecular flexibility index (Phi) is 4.58. The first kappa shape index (κ1) is 15.0. The molecule has 0 unspecified atom stereocenters. The summed E-state index contributed by atoms with van der Waals surface area (Å²) in [5.41, 5.74) is 3.83. The highest BCUT2D eigenvalue weighted by atomic mass is 16.5. The van der Waals surface area contributed by atoms with E-state index in [4.69, 9.17) is 4.74 Å². The van der Waals surface area contributed by atoms with E-state index < -0.39 is 5.97 Å². The molecule has 4 nitrogen and oxygen atoms in total. The van der Waals surface area contributed by atoms with Gasteiger partial charge in [-0.15, -0.1) is 0 Å². The fourth-order valence-corrected chi connectivity index (χ4v) is 2.26. The minimum atomic E-state index is -0.917. The van der Waals surface area contributed by atoms with E-state index in [0.29, 0.717) is 17.9 Å². The van der Waals surface area contributed by atoms with Crippen molar-refractivity contribution in [2.75, 3.05) is 6.61 Å². The normalized spacial score (nSPS) is 10.4. The lowest BCUT2D eigenvalue weighted by molar-refractivity contribution is 0.0696. The Hall–Kier alpha value is -2.36. The van der Waals surface area contributed by atoms with Gasteiger partial charge in [0.25, 0.3) is 0 Å². The van der Waals surface area contributed by atoms with Crippen LogP contribution in [0.2, 0.25) is 0 Å². The largest absolute Gasteiger partial charge is 0.492 e. The Labute approximate surface area is 124 Å². The van der Waals surface area contributed by atoms with Crippen LogP contribution in [-0.2, 0) is 0 Å². The third-order valence-electron chi connectivity index (χ3n) is 3.30. The van der Waals surface area contributed by atoms with Gasteiger partial charge in [0.2, 0.25) is 0 Å². The first-order valence-corrected chi connectivity index (χ1v) is 6.95. The molecule has 0 spiro atoms. The third kappa shape index (κ3) is 3.40. The number of aryl methyl sites for hydroxylation is 2. The lowest BCUT2D eigenvalue weighted by Crippen LogP contribution is -2.01. The molecule has 0 aliphatic heterocycles. The van der Waals surface area contributed by atoms with Crippen LogP contribution in [0, 0.1) is 13.8 Å². The van der Waals surface area contributed by atoms with Crippen LogP contribution in [0.4, 0.5) is 0 Å². The summed E-state index contributed by atoms with van der Waals surface area (Å²) in [6.07, 6.45) is 4.32. The fourth-order valence-electron chi connectivity index (χ4n) is 2.26. The minimum Gasteiger partial charge on any atom is -0.492 e. The van der Waals surface area contributed by atoms with Crippen LogP contribution in [0.15, 0.2) is 30.6 Å². The van der Waals surface area contributed by atoms with E-state index in [1.54, 1.807) is 25.4 Å². The van der Waals surface area contributed by atoms with Crippen LogP contribution in [0.5, 0.6) is 5.75 Å². The Balaban J connectivity index is 2.46. The number of carbonyl (C=O) groups is 1. The van der Waals surface area contributed by atoms with Crippen LogP contribution in [0.25, 0.3) is 11.1 Å². The highest BCUT2D eigenvalue weighted by molar-refractivity contribution is 5.91. The molecule has 2 rings (SSSR count). The molecule has 1 heterocycles. The number of hydrogen-bond acceptors (Lipinski definition) is 3. The van der Waals surface area contributed by atoms with E-state index in [1.807, 2.05) is 26.0 Å². The molecule has 0 atom stereocenters. The van der Waals surface area contributed by atoms with Crippen molar-refractivity contribution in [3.63, 3.8) is 0 Å². The second-order valence-corrected chi connectivity index (χ2v) is 5.04. The molecule has 0 fully saturated rings. The van der Waals surface area contributed by atoms with E-state index in [0.717, 1.165) is 28.7 Å². The summed E-state index contributed by atoms with van der Waals surface area (Å²) in [5.74, 6) is -0.216. The van der Waals surface area contributed by atoms with Gasteiger partial charge in [-0.3, -0.25) is 4.98 Å². The predicted octanol–water partition coefficient (Wildman–Crippen LogP) is 3.85. The van der Waals surface area contributed by atoms with Crippen molar-refractivity contribution in [3.8, 4) is 16.9 Å². The number of hydrogen-bond donors (Lipinski definition) is 1. The van der Waals surface area contributed by atoms with Gasteiger partial charge in [0.05, 0.1) is 18.4 Å². The summed E-state index contributed by atoms with van der Waals surface area (Å²) in [6.45, 7) is 6.45. The number of nitrogens with zero attached hydrogens (tertiary/aromatic N) is 1. The maximum Gasteiger partial charge on any atom is 0.335 e. The maximum absolute atomic E-state index is 11.3. The van der Waals surface area contributed by atoms with Crippen molar-refractivity contribution in [3.05, 3.63) is 47.3 Å². The number of carboxylic acids is 1. The standard InChI is InChI=1S/C17H19NO3/c1-4-5-21-14-7-13(9-18-10-14)15-8-16(17(19)20)12(3)6-11(15)2/h6-10H,4-5H2,1-3H3,(H,19,20). The Morgan fingerprint density at radius 1 is 1.19 bits per heavy atom. The monoisotopic (exact) mass is 285 g/mol. The summed E-state index contributed by atoms with van der Waals surface area (Å²) >= 11 is 0. The smallest absolute Gasteiger partial charge is 0.335 e. The van der Waals surface area contributed by atoms with Gasteiger partial charge in [-0.25, -0.2) is 4.79 Å². The zero-order valence-electron chi connectivity index (χ0n) is 12.5. The molecule has 0 bridgehead atoms. The SMILES string of the molecule is CCCOc1cncc(-c2cc(C(=O)O)c(C)cc2C)c1. The molecule has 2 aromatic rings. The quantitative estimate of drug-likeness (QED) is 0.906. The molecule has 21 heavy (non-hydrogen) atoms. The molecular formula is C17H19NO3. The predicted molar refractivity (Wildman–Crippen MR) is 81.9 cm³/mol. The lowest BCUT2D eigenvalue weighted by atomic mass is 9.96. The van der Waals surface area contributed by atoms with E-state index in [2.05, 4.69) is 4.98 Å². The van der Waals surface area contributed by atoms with E-state index in [1.165, 1.54) is 0 Å². The molecule has 1 N–H and O–H groups in total. The number of benzene rings is 1. The second kappa shape index (κ2) is 6.39. The van der Waals surface area contributed by atoms with E-state index >= 15 is 0 Å². The van der Waals surface area contributed by atoms with Gasteiger partial charge in [0.1, 0.15) is 5.75 Å². The maximum atomic E-state index is 11.3. The van der Waals surface area contributed by atoms with Gasteiger partial charge in [-0.1, -0.05) is 13.0 Å². The van der Waals surface area contributed by atoms with Crippen LogP contribution in [0.1, 0.15) is 34.8 Å². The zero-order chi connectivity index (χ0) is 15.4. The van der Waals surface area contributed by atoms with Crippen molar-refractivity contribution >= 4 is 5.97 Å². The number of carboxylic acid groups (broad SMARTS) is 1. The van der Waals surface area contributed by atoms with Gasteiger partial charge in [-0.2, -0.15) is 0 Å². The topological polar surface area (TPSA) is 59.4 Å². The summed E-state index contributed by atoms with van der Waals surface area (Å²) in [5, 5.41) is 9.26. The number of ether oxygens (including phenoxy) is 1. The summed E-state index contributed by atoms with van der Waals surface area (Å²) in [7, 11) is 0. The molecule has 0 aliphatic rings. The van der Waals surface area contributed by atoms with Gasteiger partial charge in [0.15, 0.2) is 0 Å². The average Bonchev–Trinajstić information content (AvgIpc) is 2.45. The first-order chi connectivity index (χ1) is 10.0. The van der Waals surface area contributed by atoms with Crippen LogP contribution >= 0.6 is 0 Å². The van der Waals surface area contributed by atoms with Crippen molar-refractivity contribution in [2.24, 2.45) is 0 Å². The van der Waals surface area contributed by atoms with Gasteiger partial charge in [0, 0.05) is 11.8 Å². The van der Waals surface area contributed by atoms with Crippen molar-refractivity contribution in [2.45, 2.75) is 27.2 Å². The highest BCUT2D eigenvalue weighted by Gasteiger charge is 2.12. The third-order valence-corrected chi connectivity index (χ3v) is 3.30. The molecule has 1 aromatic heterocycles. The van der Waals surface area contributed by atoms with Crippen LogP contribution < -0.4 is 4.74 Å². The van der Waals surface area contributed by atoms with Gasteiger partial charge >= 0.3 is 5.97 Å². The summed E-state index contributed by atoms with van der Waals surface area (Å²) in [4.78, 5) is 15.5. The first-order valence-electron chi connectivity index (χ1n) is 6.95. The Morgan fingerprint density at radius 2 is 1.95 bits per heavy atom. The van der Waals surface area contributed by atoms with Crippen LogP contribution in [-0.4, -0.2) is 22.7 Å². The molecule has 0 saturated carbocycles. The number of aromatic nitrogens is 1. The molecule has 0 saturated heterocycles. The molecule has 110 valence electrons. The fraction of sp³-hybridized carbons (Fsp3) is 0.294. The van der Waals surface area contributed by atoms with Crippen LogP contribution in [0.3, 0.4) is 0 Å². The van der Waals surface area contributed by atoms with E-state index in [9.17, 15) is 9.90 Å². The number of aromatic carboxylic acids is 1. The van der Waals surface area contributed by atoms with Gasteiger partial charge < -0.3 is 9.84 Å². The molecular weight excluding hydrogens is 266 g/mol. The average molecular weight is 285 g/mol. The Morgan fingerprint density at radius 3 is 2.62 bits per heavy atom. The Bertz CT molecular complexity index is 665. The van der Waals surface area contributed by atoms with Crippen molar-refractivity contribution in [1.82, 2.24) is 4.98 Å².